The highest BCUT2D eigenvalue weighted by molar-refractivity contribution is 14.1. The highest BCUT2D eigenvalue weighted by atomic mass is 127. The molecular weight excluding hydrogens is 810 g/mol. The Bertz CT molecular complexity index is 1580. The van der Waals surface area contributed by atoms with Crippen LogP contribution in [0.2, 0.25) is 0 Å². The summed E-state index contributed by atoms with van der Waals surface area (Å²) in [5, 5.41) is 5.16. The number of piperidine rings is 2. The highest BCUT2D eigenvalue weighted by Gasteiger charge is 2.49. The first-order valence-corrected chi connectivity index (χ1v) is 16.3. The quantitative estimate of drug-likeness (QED) is 0.348. The molecule has 45 heavy (non-hydrogen) atoms. The summed E-state index contributed by atoms with van der Waals surface area (Å²) in [4.78, 5) is 51.1. The summed E-state index contributed by atoms with van der Waals surface area (Å²) >= 11 is 4.55. The first-order chi connectivity index (χ1) is 21.3. The zero-order valence-electron chi connectivity index (χ0n) is 24.9. The van der Waals surface area contributed by atoms with Crippen LogP contribution in [0.3, 0.4) is 0 Å². The maximum absolute atomic E-state index is 11.7. The van der Waals surface area contributed by atoms with E-state index < -0.39 is 12.5 Å². The van der Waals surface area contributed by atoms with Gasteiger partial charge < -0.3 is 39.4 Å². The fraction of sp³-hybridized carbons (Fsp3) is 0.419. The molecule has 0 aliphatic carbocycles. The first kappa shape index (κ1) is 31.5. The molecule has 0 radical (unpaired) electrons. The van der Waals surface area contributed by atoms with Crippen molar-refractivity contribution in [1.29, 1.82) is 0 Å². The Labute approximate surface area is 286 Å². The number of hydrogen-bond donors (Lipinski definition) is 2. The molecule has 2 fully saturated rings. The third-order valence-corrected chi connectivity index (χ3v) is 9.86. The molecule has 4 aliphatic rings. The normalized spacial score (nSPS) is 26.4. The lowest BCUT2D eigenvalue weighted by Crippen LogP contribution is -2.62. The summed E-state index contributed by atoms with van der Waals surface area (Å²) < 4.78 is 25.4. The molecule has 6 rings (SSSR count). The minimum absolute atomic E-state index is 0.0871. The van der Waals surface area contributed by atoms with E-state index in [9.17, 15) is 19.2 Å². The second kappa shape index (κ2) is 11.7. The summed E-state index contributed by atoms with van der Waals surface area (Å²) in [5.74, 6) is 4.14. The van der Waals surface area contributed by atoms with Crippen molar-refractivity contribution in [3.8, 4) is 23.0 Å². The summed E-state index contributed by atoms with van der Waals surface area (Å²) in [7, 11) is 0. The van der Waals surface area contributed by atoms with Crippen molar-refractivity contribution >= 4 is 80.3 Å². The van der Waals surface area contributed by atoms with Crippen LogP contribution in [-0.2, 0) is 19.2 Å². The van der Waals surface area contributed by atoms with E-state index in [2.05, 4.69) is 79.5 Å². The lowest BCUT2D eigenvalue weighted by molar-refractivity contribution is -0.122. The van der Waals surface area contributed by atoms with E-state index >= 15 is 0 Å². The molecule has 4 heterocycles. The SMILES string of the molecule is CC(=O)NC1Oc2cc(N3CC4(C)CN(c5cc6c(cc5I)OC(=C=O)C(NC(C)=O)O6)CC(C)(C3)C4)c(I)cc2OC1=C=O. The van der Waals surface area contributed by atoms with Crippen LogP contribution in [0.1, 0.15) is 34.1 Å². The zero-order valence-corrected chi connectivity index (χ0v) is 29.2. The monoisotopic (exact) mass is 840 g/mol. The molecule has 2 saturated heterocycles. The van der Waals surface area contributed by atoms with Crippen molar-refractivity contribution in [2.45, 2.75) is 46.6 Å². The van der Waals surface area contributed by atoms with Crippen LogP contribution in [0, 0.1) is 18.0 Å². The van der Waals surface area contributed by atoms with E-state index in [0.29, 0.717) is 23.0 Å². The number of carbonyl (C=O) groups is 2. The summed E-state index contributed by atoms with van der Waals surface area (Å²) in [6.45, 7) is 10.4. The number of fused-ring (bicyclic) bond motifs is 4. The third-order valence-electron chi connectivity index (χ3n) is 8.13. The van der Waals surface area contributed by atoms with Gasteiger partial charge in [-0.25, -0.2) is 9.59 Å². The van der Waals surface area contributed by atoms with Gasteiger partial charge in [-0.3, -0.25) is 9.59 Å². The van der Waals surface area contributed by atoms with Crippen LogP contribution in [-0.4, -0.2) is 62.3 Å². The van der Waals surface area contributed by atoms with Gasteiger partial charge in [-0.05, 0) is 51.6 Å². The number of hydrogen-bond acceptors (Lipinski definition) is 10. The van der Waals surface area contributed by atoms with Crippen LogP contribution < -0.4 is 39.4 Å². The minimum atomic E-state index is -1.05. The second-order valence-electron chi connectivity index (χ2n) is 12.5. The molecule has 236 valence electrons. The van der Waals surface area contributed by atoms with Gasteiger partial charge in [-0.1, -0.05) is 13.8 Å². The number of halogens is 2. The average molecular weight is 840 g/mol. The Kier molecular flexibility index (Phi) is 8.21. The van der Waals surface area contributed by atoms with Gasteiger partial charge in [0.15, 0.2) is 34.9 Å². The number of carbonyl (C=O) groups excluding carboxylic acids is 4. The molecule has 0 aromatic heterocycles. The number of benzene rings is 2. The Hall–Kier alpha value is -3.46. The molecule has 2 unspecified atom stereocenters. The van der Waals surface area contributed by atoms with Crippen molar-refractivity contribution in [2.75, 3.05) is 36.0 Å². The molecule has 2 atom stereocenters. The topological polar surface area (TPSA) is 136 Å². The van der Waals surface area contributed by atoms with Crippen molar-refractivity contribution in [2.24, 2.45) is 10.8 Å². The molecule has 12 nitrogen and oxygen atoms in total. The van der Waals surface area contributed by atoms with Crippen molar-refractivity contribution < 1.29 is 38.1 Å². The lowest BCUT2D eigenvalue weighted by atomic mass is 9.65. The van der Waals surface area contributed by atoms with E-state index in [-0.39, 0.29) is 34.2 Å². The maximum atomic E-state index is 11.7. The molecule has 0 spiro atoms. The first-order valence-electron chi connectivity index (χ1n) is 14.2. The van der Waals surface area contributed by atoms with Crippen molar-refractivity contribution in [3.63, 3.8) is 0 Å². The van der Waals surface area contributed by atoms with E-state index in [4.69, 9.17) is 18.9 Å². The van der Waals surface area contributed by atoms with Gasteiger partial charge in [0.25, 0.3) is 0 Å². The Morgan fingerprint density at radius 2 is 1.11 bits per heavy atom. The Morgan fingerprint density at radius 3 is 1.44 bits per heavy atom. The molecule has 0 saturated carbocycles. The number of nitrogens with one attached hydrogen (secondary N) is 2. The number of ether oxygens (including phenoxy) is 4. The van der Waals surface area contributed by atoms with Gasteiger partial charge in [-0.2, -0.15) is 0 Å². The van der Waals surface area contributed by atoms with Gasteiger partial charge in [0.1, 0.15) is 0 Å². The smallest absolute Gasteiger partial charge is 0.249 e. The minimum Gasteiger partial charge on any atom is -0.458 e. The number of anilines is 2. The van der Waals surface area contributed by atoms with Crippen LogP contribution in [0.5, 0.6) is 23.0 Å². The van der Waals surface area contributed by atoms with Gasteiger partial charge in [0.05, 0.1) is 11.4 Å². The molecule has 2 aromatic rings. The summed E-state index contributed by atoms with van der Waals surface area (Å²) in [6, 6.07) is 7.50. The molecular formula is C31H30I2N4O8. The van der Waals surface area contributed by atoms with E-state index in [1.54, 1.807) is 11.9 Å². The Morgan fingerprint density at radius 1 is 0.733 bits per heavy atom. The van der Waals surface area contributed by atoms with E-state index in [0.717, 1.165) is 51.1 Å². The van der Waals surface area contributed by atoms with E-state index in [1.165, 1.54) is 13.8 Å². The molecule has 14 heteroatoms. The standard InChI is InChI=1S/C31H30I2N4O8/c1-16(40)34-28-26(9-38)42-22-5-18(32)20(7-24(22)44-28)36-12-30(3)11-31(4,13-36)15-37(14-30)21-8-25-23(6-19(21)33)43-27(10-39)29(45-25)35-17(2)41/h5-8,28-29H,11-15H2,1-4H3,(H,34,40)(H,35,41). The van der Waals surface area contributed by atoms with Gasteiger partial charge in [-0.15, -0.1) is 0 Å². The van der Waals surface area contributed by atoms with Crippen LogP contribution in [0.15, 0.2) is 35.8 Å². The van der Waals surface area contributed by atoms with Crippen LogP contribution in [0.25, 0.3) is 0 Å². The van der Waals surface area contributed by atoms with Gasteiger partial charge in [0, 0.05) is 82.3 Å². The summed E-state index contributed by atoms with van der Waals surface area (Å²) in [5.41, 5.74) is 1.80. The lowest BCUT2D eigenvalue weighted by Gasteiger charge is -2.58. The largest absolute Gasteiger partial charge is 0.458 e. The number of rotatable bonds is 4. The summed E-state index contributed by atoms with van der Waals surface area (Å²) in [6.07, 6.45) is -1.06. The molecule has 2 aromatic carbocycles. The molecule has 2 bridgehead atoms. The maximum Gasteiger partial charge on any atom is 0.249 e. The zero-order chi connectivity index (χ0) is 32.3. The number of amides is 2. The predicted octanol–water partition coefficient (Wildman–Crippen LogP) is 3.54. The van der Waals surface area contributed by atoms with Crippen LogP contribution in [0.4, 0.5) is 11.4 Å². The molecule has 2 amide bonds. The van der Waals surface area contributed by atoms with Gasteiger partial charge >= 0.3 is 0 Å². The van der Waals surface area contributed by atoms with Crippen molar-refractivity contribution in [1.82, 2.24) is 10.6 Å². The fourth-order valence-corrected chi connectivity index (χ4v) is 8.50. The highest BCUT2D eigenvalue weighted by Crippen LogP contribution is 2.51. The average Bonchev–Trinajstić information content (AvgIpc) is 2.94. The number of nitrogens with zero attached hydrogens (tertiary/aromatic N) is 2. The Balaban J connectivity index is 1.26. The van der Waals surface area contributed by atoms with E-state index in [1.807, 2.05) is 24.3 Å². The second-order valence-corrected chi connectivity index (χ2v) is 14.9. The van der Waals surface area contributed by atoms with Crippen LogP contribution >= 0.6 is 45.2 Å². The molecule has 4 aliphatic heterocycles. The van der Waals surface area contributed by atoms with Crippen molar-refractivity contribution in [3.05, 3.63) is 42.9 Å². The molecule has 2 N–H and O–H groups in total. The van der Waals surface area contributed by atoms with Gasteiger partial charge in [0.2, 0.25) is 35.8 Å². The third kappa shape index (κ3) is 6.20. The predicted molar refractivity (Wildman–Crippen MR) is 180 cm³/mol. The fourth-order valence-electron chi connectivity index (χ4n) is 6.94.